The number of carbonyl (C=O) groups excluding carboxylic acids is 1. The maximum absolute atomic E-state index is 12.4. The first-order chi connectivity index (χ1) is 10.5. The second kappa shape index (κ2) is 7.11. The van der Waals surface area contributed by atoms with E-state index in [0.717, 1.165) is 24.1 Å². The molecule has 0 fully saturated rings. The largest absolute Gasteiger partial charge is 0.466 e. The third-order valence-electron chi connectivity index (χ3n) is 3.69. The molecule has 0 aromatic heterocycles. The standard InChI is InChI=1S/C16H19ClN2O2S/c1-4-7-12-13(15(20)21-3)14(18-16(22)19(12)2)10-8-5-6-9-11(10)17/h5-6,8-9,14H,4,7H2,1-3H3,(H,18,22). The van der Waals surface area contributed by atoms with Crippen LogP contribution in [0.15, 0.2) is 35.5 Å². The average molecular weight is 339 g/mol. The van der Waals surface area contributed by atoms with E-state index in [-0.39, 0.29) is 5.97 Å². The molecule has 22 heavy (non-hydrogen) atoms. The van der Waals surface area contributed by atoms with Gasteiger partial charge in [-0.05, 0) is 30.3 Å². The van der Waals surface area contributed by atoms with Gasteiger partial charge < -0.3 is 15.0 Å². The molecule has 1 N–H and O–H groups in total. The Hall–Kier alpha value is -1.59. The highest BCUT2D eigenvalue weighted by molar-refractivity contribution is 7.80. The molecule has 1 aliphatic heterocycles. The zero-order valence-corrected chi connectivity index (χ0v) is 14.4. The summed E-state index contributed by atoms with van der Waals surface area (Å²) in [6.07, 6.45) is 1.64. The number of nitrogens with one attached hydrogen (secondary N) is 1. The number of ether oxygens (including phenoxy) is 1. The van der Waals surface area contributed by atoms with Crippen molar-refractivity contribution < 1.29 is 9.53 Å². The van der Waals surface area contributed by atoms with E-state index in [1.54, 1.807) is 6.07 Å². The van der Waals surface area contributed by atoms with Gasteiger partial charge in [0.1, 0.15) is 0 Å². The molecule has 1 unspecified atom stereocenters. The number of hydrogen-bond donors (Lipinski definition) is 1. The summed E-state index contributed by atoms with van der Waals surface area (Å²) in [5.41, 5.74) is 2.25. The van der Waals surface area contributed by atoms with E-state index in [4.69, 9.17) is 28.6 Å². The third-order valence-corrected chi connectivity index (χ3v) is 4.42. The van der Waals surface area contributed by atoms with Crippen LogP contribution >= 0.6 is 23.8 Å². The highest BCUT2D eigenvalue weighted by atomic mass is 35.5. The molecular formula is C16H19ClN2O2S. The van der Waals surface area contributed by atoms with Gasteiger partial charge in [-0.15, -0.1) is 0 Å². The summed E-state index contributed by atoms with van der Waals surface area (Å²) in [5.74, 6) is -0.366. The molecule has 1 aromatic rings. The third kappa shape index (κ3) is 3.10. The van der Waals surface area contributed by atoms with E-state index >= 15 is 0 Å². The molecule has 1 heterocycles. The van der Waals surface area contributed by atoms with Crippen LogP contribution in [0.4, 0.5) is 0 Å². The van der Waals surface area contributed by atoms with Crippen LogP contribution in [0.1, 0.15) is 31.4 Å². The van der Waals surface area contributed by atoms with Crippen molar-refractivity contribution in [1.82, 2.24) is 10.2 Å². The van der Waals surface area contributed by atoms with Gasteiger partial charge in [-0.3, -0.25) is 0 Å². The smallest absolute Gasteiger partial charge is 0.337 e. The maximum atomic E-state index is 12.4. The van der Waals surface area contributed by atoms with Gasteiger partial charge in [0.15, 0.2) is 5.11 Å². The molecule has 0 saturated carbocycles. The number of esters is 1. The lowest BCUT2D eigenvalue weighted by atomic mass is 9.93. The predicted molar refractivity (Wildman–Crippen MR) is 91.6 cm³/mol. The first-order valence-corrected chi connectivity index (χ1v) is 7.89. The fourth-order valence-corrected chi connectivity index (χ4v) is 3.06. The number of nitrogens with zero attached hydrogens (tertiary/aromatic N) is 1. The Labute approximate surface area is 141 Å². The predicted octanol–water partition coefficient (Wildman–Crippen LogP) is 3.43. The van der Waals surface area contributed by atoms with E-state index in [2.05, 4.69) is 12.2 Å². The minimum Gasteiger partial charge on any atom is -0.466 e. The van der Waals surface area contributed by atoms with E-state index in [0.29, 0.717) is 15.7 Å². The Kier molecular flexibility index (Phi) is 5.42. The minimum atomic E-state index is -0.397. The number of hydrogen-bond acceptors (Lipinski definition) is 3. The van der Waals surface area contributed by atoms with E-state index in [1.165, 1.54) is 7.11 Å². The molecule has 0 radical (unpaired) electrons. The fraction of sp³-hybridized carbons (Fsp3) is 0.375. The van der Waals surface area contributed by atoms with Crippen molar-refractivity contribution in [2.45, 2.75) is 25.8 Å². The molecule has 4 nitrogen and oxygen atoms in total. The van der Waals surface area contributed by atoms with Crippen molar-refractivity contribution in [3.05, 3.63) is 46.1 Å². The lowest BCUT2D eigenvalue weighted by Crippen LogP contribution is -2.46. The number of allylic oxidation sites excluding steroid dienone is 1. The Morgan fingerprint density at radius 2 is 2.14 bits per heavy atom. The molecule has 0 bridgehead atoms. The number of thiocarbonyl (C=S) groups is 1. The van der Waals surface area contributed by atoms with E-state index < -0.39 is 6.04 Å². The van der Waals surface area contributed by atoms with Crippen LogP contribution in [-0.2, 0) is 9.53 Å². The molecule has 2 rings (SSSR count). The van der Waals surface area contributed by atoms with E-state index in [1.807, 2.05) is 30.1 Å². The topological polar surface area (TPSA) is 41.6 Å². The maximum Gasteiger partial charge on any atom is 0.337 e. The first kappa shape index (κ1) is 16.8. The normalized spacial score (nSPS) is 18.3. The summed E-state index contributed by atoms with van der Waals surface area (Å²) in [6.45, 7) is 2.06. The van der Waals surface area contributed by atoms with Gasteiger partial charge in [0.2, 0.25) is 0 Å². The quantitative estimate of drug-likeness (QED) is 0.673. The zero-order chi connectivity index (χ0) is 16.3. The molecule has 1 aliphatic rings. The van der Waals surface area contributed by atoms with Gasteiger partial charge >= 0.3 is 5.97 Å². The Balaban J connectivity index is 2.62. The zero-order valence-electron chi connectivity index (χ0n) is 12.9. The van der Waals surface area contributed by atoms with Gasteiger partial charge in [0.05, 0.1) is 18.7 Å². The molecule has 118 valence electrons. The van der Waals surface area contributed by atoms with Crippen molar-refractivity contribution in [1.29, 1.82) is 0 Å². The average Bonchev–Trinajstić information content (AvgIpc) is 2.51. The lowest BCUT2D eigenvalue weighted by Gasteiger charge is -2.36. The highest BCUT2D eigenvalue weighted by Gasteiger charge is 2.35. The monoisotopic (exact) mass is 338 g/mol. The van der Waals surface area contributed by atoms with Gasteiger partial charge in [0.25, 0.3) is 0 Å². The number of carbonyl (C=O) groups is 1. The van der Waals surface area contributed by atoms with Gasteiger partial charge in [-0.25, -0.2) is 4.79 Å². The van der Waals surface area contributed by atoms with Crippen molar-refractivity contribution in [2.24, 2.45) is 0 Å². The molecule has 1 atom stereocenters. The van der Waals surface area contributed by atoms with E-state index in [9.17, 15) is 4.79 Å². The van der Waals surface area contributed by atoms with Crippen molar-refractivity contribution in [2.75, 3.05) is 14.2 Å². The summed E-state index contributed by atoms with van der Waals surface area (Å²) in [5, 5.41) is 4.35. The van der Waals surface area contributed by atoms with Crippen molar-refractivity contribution in [3.8, 4) is 0 Å². The van der Waals surface area contributed by atoms with Crippen molar-refractivity contribution >= 4 is 34.9 Å². The molecule has 0 spiro atoms. The number of rotatable bonds is 4. The molecule has 0 aliphatic carbocycles. The SMILES string of the molecule is CCCC1=C(C(=O)OC)C(c2ccccc2Cl)NC(=S)N1C. The minimum absolute atomic E-state index is 0.366. The summed E-state index contributed by atoms with van der Waals surface area (Å²) in [6, 6.07) is 7.03. The van der Waals surface area contributed by atoms with Crippen LogP contribution < -0.4 is 5.32 Å². The van der Waals surface area contributed by atoms with Crippen LogP contribution in [0.2, 0.25) is 5.02 Å². The summed E-state index contributed by atoms with van der Waals surface area (Å²) >= 11 is 11.7. The molecule has 1 aromatic carbocycles. The number of benzene rings is 1. The van der Waals surface area contributed by atoms with Crippen LogP contribution in [0.3, 0.4) is 0 Å². The fourth-order valence-electron chi connectivity index (χ4n) is 2.59. The van der Waals surface area contributed by atoms with Crippen LogP contribution in [0.5, 0.6) is 0 Å². The lowest BCUT2D eigenvalue weighted by molar-refractivity contribution is -0.136. The van der Waals surface area contributed by atoms with Crippen LogP contribution in [-0.4, -0.2) is 30.1 Å². The molecular weight excluding hydrogens is 320 g/mol. The Morgan fingerprint density at radius 1 is 1.45 bits per heavy atom. The van der Waals surface area contributed by atoms with Crippen molar-refractivity contribution in [3.63, 3.8) is 0 Å². The summed E-state index contributed by atoms with van der Waals surface area (Å²) in [7, 11) is 3.24. The van der Waals surface area contributed by atoms with Crippen LogP contribution in [0.25, 0.3) is 0 Å². The second-order valence-electron chi connectivity index (χ2n) is 5.06. The number of methoxy groups -OCH3 is 1. The Bertz CT molecular complexity index is 630. The molecule has 0 amide bonds. The van der Waals surface area contributed by atoms with Gasteiger partial charge in [0, 0.05) is 17.8 Å². The van der Waals surface area contributed by atoms with Gasteiger partial charge in [-0.2, -0.15) is 0 Å². The first-order valence-electron chi connectivity index (χ1n) is 7.11. The summed E-state index contributed by atoms with van der Waals surface area (Å²) < 4.78 is 4.99. The summed E-state index contributed by atoms with van der Waals surface area (Å²) in [4.78, 5) is 14.2. The van der Waals surface area contributed by atoms with Gasteiger partial charge in [-0.1, -0.05) is 43.1 Å². The highest BCUT2D eigenvalue weighted by Crippen LogP contribution is 2.35. The number of halogens is 1. The molecule has 0 saturated heterocycles. The second-order valence-corrected chi connectivity index (χ2v) is 5.86. The van der Waals surface area contributed by atoms with Crippen LogP contribution in [0, 0.1) is 0 Å². The molecule has 6 heteroatoms. The Morgan fingerprint density at radius 3 is 2.73 bits per heavy atom.